The van der Waals surface area contributed by atoms with E-state index < -0.39 is 0 Å². The van der Waals surface area contributed by atoms with E-state index in [0.29, 0.717) is 91.1 Å². The van der Waals surface area contributed by atoms with Gasteiger partial charge in [0.1, 0.15) is 17.1 Å². The summed E-state index contributed by atoms with van der Waals surface area (Å²) in [5, 5.41) is 27.1. The molecule has 0 radical (unpaired) electrons. The average Bonchev–Trinajstić information content (AvgIpc) is 1.58. The highest BCUT2D eigenvalue weighted by Gasteiger charge is 2.34. The van der Waals surface area contributed by atoms with Crippen LogP contribution in [-0.2, 0) is 19.6 Å². The lowest BCUT2D eigenvalue weighted by atomic mass is 10.1. The predicted molar refractivity (Wildman–Crippen MR) is 363 cm³/mol. The molecule has 9 aromatic carbocycles. The van der Waals surface area contributed by atoms with Crippen LogP contribution >= 0.6 is 27.5 Å². The highest BCUT2D eigenvalue weighted by Crippen LogP contribution is 2.32. The highest BCUT2D eigenvalue weighted by molar-refractivity contribution is 9.10. The van der Waals surface area contributed by atoms with Crippen LogP contribution in [-0.4, -0.2) is 91.0 Å². The van der Waals surface area contributed by atoms with Gasteiger partial charge in [0.25, 0.3) is 16.7 Å². The summed E-state index contributed by atoms with van der Waals surface area (Å²) >= 11 is 9.45. The van der Waals surface area contributed by atoms with Crippen LogP contribution in [0.5, 0.6) is 0 Å². The monoisotopic (exact) mass is 1340 g/mol. The third-order valence-electron chi connectivity index (χ3n) is 16.8. The zero-order valence-corrected chi connectivity index (χ0v) is 52.7. The number of benzene rings is 9. The molecule has 0 spiro atoms. The number of nitrogens with zero attached hydrogens (tertiary/aromatic N) is 15. The van der Waals surface area contributed by atoms with Gasteiger partial charge in [-0.2, -0.15) is 0 Å². The molecule has 0 fully saturated rings. The maximum Gasteiger partial charge on any atom is 0.266 e. The summed E-state index contributed by atoms with van der Waals surface area (Å²) < 4.78 is 10.2. The first kappa shape index (κ1) is 58.7. The van der Waals surface area contributed by atoms with Crippen molar-refractivity contribution < 1.29 is 14.4 Å². The second kappa shape index (κ2) is 23.6. The molecule has 0 aliphatic carbocycles. The van der Waals surface area contributed by atoms with E-state index in [1.807, 2.05) is 153 Å². The first-order chi connectivity index (χ1) is 46.7. The Morgan fingerprint density at radius 3 is 1.10 bits per heavy atom. The molecule has 18 rings (SSSR count). The molecule has 462 valence electrons. The van der Waals surface area contributed by atoms with Crippen molar-refractivity contribution in [2.75, 3.05) is 0 Å². The predicted octanol–water partition coefficient (Wildman–Crippen LogP) is 11.4. The Morgan fingerprint density at radius 2 is 0.719 bits per heavy atom. The summed E-state index contributed by atoms with van der Waals surface area (Å²) in [7, 11) is 0. The van der Waals surface area contributed by atoms with E-state index in [4.69, 9.17) is 11.6 Å². The van der Waals surface area contributed by atoms with Crippen molar-refractivity contribution in [3.8, 4) is 50.8 Å². The van der Waals surface area contributed by atoms with Crippen molar-refractivity contribution in [2.24, 2.45) is 0 Å². The number of rotatable bonds is 9. The molecule has 0 atom stereocenters. The van der Waals surface area contributed by atoms with E-state index in [-0.39, 0.29) is 51.5 Å². The minimum Gasteiger partial charge on any atom is -0.285 e. The van der Waals surface area contributed by atoms with Gasteiger partial charge in [0.2, 0.25) is 17.3 Å². The van der Waals surface area contributed by atoms with E-state index >= 15 is 0 Å². The van der Waals surface area contributed by atoms with Gasteiger partial charge in [-0.25, -0.2) is 29.0 Å². The fourth-order valence-corrected chi connectivity index (χ4v) is 12.7. The van der Waals surface area contributed by atoms with Crippen LogP contribution in [0.2, 0.25) is 5.02 Å². The van der Waals surface area contributed by atoms with Gasteiger partial charge < -0.3 is 0 Å². The Bertz CT molecular complexity index is 5390. The number of aryl methyl sites for hydroxylation is 1. The van der Waals surface area contributed by atoms with Crippen LogP contribution in [0.4, 0.5) is 0 Å². The quantitative estimate of drug-likeness (QED) is 0.130. The normalized spacial score (nSPS) is 12.2. The maximum absolute atomic E-state index is 13.1. The smallest absolute Gasteiger partial charge is 0.266 e. The van der Waals surface area contributed by atoms with Crippen molar-refractivity contribution in [3.63, 3.8) is 0 Å². The molecular weight excluding hydrogens is 1300 g/mol. The molecule has 6 aromatic heterocycles. The summed E-state index contributed by atoms with van der Waals surface area (Å²) in [6.07, 6.45) is 5.61. The Morgan fingerprint density at radius 1 is 0.375 bits per heavy atom. The third-order valence-corrected chi connectivity index (χ3v) is 17.5. The molecule has 23 heteroatoms. The van der Waals surface area contributed by atoms with E-state index in [2.05, 4.69) is 61.8 Å². The minimum atomic E-state index is -0.309. The molecule has 96 heavy (non-hydrogen) atoms. The SMILES string of the molecule is Cc1ccc2nc3n(c(=O)c2c1)-c1ccc(Cn2cc(-c4ccccc4)nn2)cc1C3=O.O=C1c2cc(Cn3cc(-c4ccccc4)nn3)ccc2-n2c1nc1ccc(Br)cc1c2=O.O=C1c2cc(Cn3cc(-c4ccccc4)nn3)ccc2-n2c1nc1ccc(Cl)cc1c2=O. The third kappa shape index (κ3) is 10.5. The fourth-order valence-electron chi connectivity index (χ4n) is 12.2. The Labute approximate surface area is 555 Å². The second-order valence-electron chi connectivity index (χ2n) is 23.1. The molecule has 0 bridgehead atoms. The van der Waals surface area contributed by atoms with E-state index in [1.165, 1.54) is 13.7 Å². The molecule has 3 aliphatic rings. The van der Waals surface area contributed by atoms with Gasteiger partial charge in [-0.05, 0) is 109 Å². The zero-order valence-electron chi connectivity index (χ0n) is 50.3. The van der Waals surface area contributed by atoms with Crippen LogP contribution in [0.1, 0.15) is 70.8 Å². The lowest BCUT2D eigenvalue weighted by molar-refractivity contribution is 0.102. The van der Waals surface area contributed by atoms with Crippen molar-refractivity contribution in [1.29, 1.82) is 0 Å². The van der Waals surface area contributed by atoms with Gasteiger partial charge >= 0.3 is 0 Å². The van der Waals surface area contributed by atoms with Crippen molar-refractivity contribution >= 4 is 77.6 Å². The van der Waals surface area contributed by atoms with Crippen molar-refractivity contribution in [3.05, 3.63) is 316 Å². The van der Waals surface area contributed by atoms with Gasteiger partial charge in [-0.1, -0.05) is 164 Å². The van der Waals surface area contributed by atoms with Crippen molar-refractivity contribution in [2.45, 2.75) is 26.6 Å². The van der Waals surface area contributed by atoms with Crippen LogP contribution in [0.3, 0.4) is 0 Å². The number of hydrogen-bond donors (Lipinski definition) is 0. The molecular formula is C73H45BrClN15O6. The topological polar surface area (TPSA) is 248 Å². The largest absolute Gasteiger partial charge is 0.285 e. The van der Waals surface area contributed by atoms with E-state index in [9.17, 15) is 28.8 Å². The molecule has 0 saturated carbocycles. The number of carbonyl (C=O) groups is 3. The number of fused-ring (bicyclic) bond motifs is 12. The van der Waals surface area contributed by atoms with Gasteiger partial charge in [-0.15, -0.1) is 15.3 Å². The Kier molecular flexibility index (Phi) is 14.4. The van der Waals surface area contributed by atoms with E-state index in [1.54, 1.807) is 86.8 Å². The first-order valence-corrected chi connectivity index (χ1v) is 31.3. The Hall–Kier alpha value is -12.4. The number of aromatic nitrogens is 15. The van der Waals surface area contributed by atoms with Gasteiger partial charge in [0.15, 0.2) is 17.5 Å². The Balaban J connectivity index is 0.000000113. The van der Waals surface area contributed by atoms with Crippen LogP contribution in [0.25, 0.3) is 83.5 Å². The van der Waals surface area contributed by atoms with Crippen LogP contribution in [0.15, 0.2) is 238 Å². The molecule has 9 heterocycles. The summed E-state index contributed by atoms with van der Waals surface area (Å²) in [6.45, 7) is 3.28. The van der Waals surface area contributed by atoms with Gasteiger partial charge in [0, 0.05) is 26.2 Å². The zero-order chi connectivity index (χ0) is 65.5. The lowest BCUT2D eigenvalue weighted by Gasteiger charge is -2.07. The summed E-state index contributed by atoms with van der Waals surface area (Å²) in [5.74, 6) is -0.365. The molecule has 0 amide bonds. The second-order valence-corrected chi connectivity index (χ2v) is 24.5. The maximum atomic E-state index is 13.1. The van der Waals surface area contributed by atoms with Gasteiger partial charge in [-0.3, -0.25) is 42.5 Å². The fraction of sp³-hybridized carbons (Fsp3) is 0.0548. The summed E-state index contributed by atoms with van der Waals surface area (Å²) in [6, 6.07) is 61.5. The summed E-state index contributed by atoms with van der Waals surface area (Å²) in [4.78, 5) is 92.0. The van der Waals surface area contributed by atoms with Crippen LogP contribution in [0, 0.1) is 6.92 Å². The molecule has 15 aromatic rings. The number of ketones is 3. The molecule has 21 nitrogen and oxygen atoms in total. The lowest BCUT2D eigenvalue weighted by Crippen LogP contribution is -2.21. The minimum absolute atomic E-state index is 0.115. The number of hydrogen-bond acceptors (Lipinski definition) is 15. The summed E-state index contributed by atoms with van der Waals surface area (Å²) in [5.41, 5.74) is 12.6. The highest BCUT2D eigenvalue weighted by atomic mass is 79.9. The first-order valence-electron chi connectivity index (χ1n) is 30.1. The van der Waals surface area contributed by atoms with Crippen molar-refractivity contribution in [1.82, 2.24) is 73.6 Å². The number of carbonyl (C=O) groups excluding carboxylic acids is 3. The number of halogens is 2. The molecule has 0 unspecified atom stereocenters. The molecule has 0 saturated heterocycles. The molecule has 3 aliphatic heterocycles. The van der Waals surface area contributed by atoms with Crippen LogP contribution < -0.4 is 16.7 Å². The van der Waals surface area contributed by atoms with E-state index in [0.717, 1.165) is 60.5 Å². The van der Waals surface area contributed by atoms with Gasteiger partial charge in [0.05, 0.1) is 105 Å². The average molecular weight is 1340 g/mol. The standard InChI is InChI=1S/C25H17N5O2.C24H14BrN5O2.C24H14ClN5O2/c1-15-7-9-20-18(11-15)25(32)30-22-10-8-16(12-19(22)23(31)24(30)26-20)13-29-14-21(27-28-29)17-5-3-2-4-6-17;2*25-16-7-8-19-17(11-16)24(32)30-21-9-6-14(10-18(21)22(31)23(30)26-19)12-29-13-20(27-28-29)15-4-2-1-3-5-15/h2-12,14H,13H2,1H3;2*1-11,13H,12H2. The molecule has 0 N–H and O–H groups in total.